The Balaban J connectivity index is 0.000000220. The molecule has 0 atom stereocenters. The zero-order valence-electron chi connectivity index (χ0n) is 20.9. The predicted molar refractivity (Wildman–Crippen MR) is 151 cm³/mol. The number of hydrogen-bond acceptors (Lipinski definition) is 8. The van der Waals surface area contributed by atoms with E-state index >= 15 is 0 Å². The number of aromatic nitrogens is 2. The minimum atomic E-state index is -1.000. The van der Waals surface area contributed by atoms with Gasteiger partial charge in [-0.2, -0.15) is 0 Å². The number of carbonyl (C=O) groups is 4. The Morgan fingerprint density at radius 3 is 1.35 bits per heavy atom. The molecule has 4 rings (SSSR count). The van der Waals surface area contributed by atoms with Crippen molar-refractivity contribution in [3.05, 3.63) is 120 Å². The van der Waals surface area contributed by atoms with E-state index in [-0.39, 0.29) is 24.2 Å². The first kappa shape index (κ1) is 29.9. The largest absolute Gasteiger partial charge is 0.478 e. The lowest BCUT2D eigenvalue weighted by Gasteiger charge is -2.06. The first-order valence-electron chi connectivity index (χ1n) is 11.7. The van der Waals surface area contributed by atoms with Crippen LogP contribution in [-0.4, -0.2) is 43.9 Å². The Morgan fingerprint density at radius 1 is 0.600 bits per heavy atom. The number of pyridine rings is 2. The van der Waals surface area contributed by atoms with Crippen molar-refractivity contribution in [1.29, 1.82) is 0 Å². The van der Waals surface area contributed by atoms with Gasteiger partial charge in [-0.25, -0.2) is 9.59 Å². The lowest BCUT2D eigenvalue weighted by Crippen LogP contribution is -2.39. The second-order valence-corrected chi connectivity index (χ2v) is 10.1. The summed E-state index contributed by atoms with van der Waals surface area (Å²) in [5.41, 5.74) is 2.08. The van der Waals surface area contributed by atoms with Gasteiger partial charge in [0.25, 0.3) is 0 Å². The number of aromatic carboxylic acids is 2. The molecule has 0 aliphatic rings. The summed E-state index contributed by atoms with van der Waals surface area (Å²) in [5.74, 6) is -3.34. The van der Waals surface area contributed by atoms with Gasteiger partial charge in [-0.15, -0.1) is 0 Å². The second kappa shape index (κ2) is 15.7. The Hall–Kier alpha value is -4.68. The van der Waals surface area contributed by atoms with E-state index in [1.807, 2.05) is 12.1 Å². The van der Waals surface area contributed by atoms with E-state index < -0.39 is 23.8 Å². The van der Waals surface area contributed by atoms with Gasteiger partial charge in [-0.05, 0) is 47.5 Å². The SMILES string of the molecule is O=C(NCc1cccnc1)C(=O)NCc1cccnc1.O=C(O)c1ccccc1SSc1ccccc1C(=O)O. The number of carboxylic acid groups (broad SMARTS) is 2. The molecule has 0 bridgehead atoms. The number of amides is 2. The number of nitrogens with one attached hydrogen (secondary N) is 2. The van der Waals surface area contributed by atoms with E-state index in [2.05, 4.69) is 20.6 Å². The third-order valence-electron chi connectivity index (χ3n) is 5.01. The van der Waals surface area contributed by atoms with E-state index in [0.29, 0.717) is 9.79 Å². The van der Waals surface area contributed by atoms with Crippen molar-refractivity contribution in [1.82, 2.24) is 20.6 Å². The molecule has 0 radical (unpaired) electrons. The molecule has 0 saturated heterocycles. The van der Waals surface area contributed by atoms with Crippen molar-refractivity contribution < 1.29 is 29.4 Å². The summed E-state index contributed by atoms with van der Waals surface area (Å²) < 4.78 is 0. The molecule has 2 aromatic carbocycles. The van der Waals surface area contributed by atoms with Gasteiger partial charge in [-0.1, -0.05) is 58.0 Å². The third kappa shape index (κ3) is 9.57. The minimum Gasteiger partial charge on any atom is -0.478 e. The summed E-state index contributed by atoms with van der Waals surface area (Å²) in [7, 11) is 2.47. The van der Waals surface area contributed by atoms with E-state index in [9.17, 15) is 19.2 Å². The summed E-state index contributed by atoms with van der Waals surface area (Å²) >= 11 is 0. The molecular formula is C28H24N4O6S2. The summed E-state index contributed by atoms with van der Waals surface area (Å²) in [6.07, 6.45) is 6.56. The highest BCUT2D eigenvalue weighted by Crippen LogP contribution is 2.40. The molecule has 2 heterocycles. The van der Waals surface area contributed by atoms with Gasteiger partial charge in [0.1, 0.15) is 0 Å². The Labute approximate surface area is 237 Å². The van der Waals surface area contributed by atoms with Crippen LogP contribution in [0.3, 0.4) is 0 Å². The quantitative estimate of drug-likeness (QED) is 0.167. The number of nitrogens with zero attached hydrogens (tertiary/aromatic N) is 2. The monoisotopic (exact) mass is 576 g/mol. The molecule has 0 aliphatic heterocycles. The molecule has 40 heavy (non-hydrogen) atoms. The van der Waals surface area contributed by atoms with Crippen LogP contribution in [0.5, 0.6) is 0 Å². The summed E-state index contributed by atoms with van der Waals surface area (Å²) in [5, 5.41) is 23.2. The number of benzene rings is 2. The third-order valence-corrected chi connectivity index (χ3v) is 7.50. The number of hydrogen-bond donors (Lipinski definition) is 4. The highest BCUT2D eigenvalue weighted by atomic mass is 33.1. The molecule has 0 aliphatic carbocycles. The second-order valence-electron chi connectivity index (χ2n) is 7.86. The van der Waals surface area contributed by atoms with Crippen LogP contribution in [-0.2, 0) is 22.7 Å². The molecule has 0 fully saturated rings. The maximum atomic E-state index is 11.6. The Morgan fingerprint density at radius 2 is 1.00 bits per heavy atom. The van der Waals surface area contributed by atoms with Crippen molar-refractivity contribution in [2.24, 2.45) is 0 Å². The fourth-order valence-corrected chi connectivity index (χ4v) is 5.40. The molecule has 204 valence electrons. The van der Waals surface area contributed by atoms with Crippen LogP contribution in [0.4, 0.5) is 0 Å². The smallest absolute Gasteiger partial charge is 0.336 e. The van der Waals surface area contributed by atoms with Crippen LogP contribution in [0.1, 0.15) is 31.8 Å². The highest BCUT2D eigenvalue weighted by Gasteiger charge is 2.14. The van der Waals surface area contributed by atoms with Crippen LogP contribution >= 0.6 is 21.6 Å². The fourth-order valence-electron chi connectivity index (χ4n) is 3.05. The standard InChI is InChI=1S/C14H14N4O2.C14H10O4S2/c19-13(17-9-11-3-1-5-15-7-11)14(20)18-10-12-4-2-6-16-8-12;15-13(16)9-5-1-3-7-11(9)19-20-12-8-4-2-6-10(12)14(17)18/h1-8H,9-10H2,(H,17,19)(H,18,20);1-8H,(H,15,16)(H,17,18). The maximum Gasteiger partial charge on any atom is 0.336 e. The molecular weight excluding hydrogens is 552 g/mol. The van der Waals surface area contributed by atoms with E-state index in [0.717, 1.165) is 11.1 Å². The van der Waals surface area contributed by atoms with E-state index in [1.54, 1.807) is 73.3 Å². The Bertz CT molecular complexity index is 1340. The van der Waals surface area contributed by atoms with E-state index in [4.69, 9.17) is 10.2 Å². The Kier molecular flexibility index (Phi) is 11.7. The van der Waals surface area contributed by atoms with Gasteiger partial charge in [-0.3, -0.25) is 19.6 Å². The van der Waals surface area contributed by atoms with Gasteiger partial charge >= 0.3 is 23.8 Å². The van der Waals surface area contributed by atoms with Gasteiger partial charge in [0.05, 0.1) is 11.1 Å². The van der Waals surface area contributed by atoms with Crippen LogP contribution < -0.4 is 10.6 Å². The lowest BCUT2D eigenvalue weighted by atomic mass is 10.2. The van der Waals surface area contributed by atoms with Crippen molar-refractivity contribution in [2.45, 2.75) is 22.9 Å². The topological polar surface area (TPSA) is 159 Å². The van der Waals surface area contributed by atoms with Crippen LogP contribution in [0.25, 0.3) is 0 Å². The molecule has 4 N–H and O–H groups in total. The average molecular weight is 577 g/mol. The molecule has 0 unspecified atom stereocenters. The number of rotatable bonds is 9. The molecule has 12 heteroatoms. The van der Waals surface area contributed by atoms with Gasteiger partial charge in [0.15, 0.2) is 0 Å². The van der Waals surface area contributed by atoms with Gasteiger partial charge in [0.2, 0.25) is 0 Å². The number of carbonyl (C=O) groups excluding carboxylic acids is 2. The molecule has 2 aromatic heterocycles. The van der Waals surface area contributed by atoms with Crippen molar-refractivity contribution in [3.8, 4) is 0 Å². The first-order valence-corrected chi connectivity index (χ1v) is 13.8. The molecule has 0 saturated carbocycles. The van der Waals surface area contributed by atoms with Crippen molar-refractivity contribution in [2.75, 3.05) is 0 Å². The van der Waals surface area contributed by atoms with Crippen LogP contribution in [0, 0.1) is 0 Å². The lowest BCUT2D eigenvalue weighted by molar-refractivity contribution is -0.139. The van der Waals surface area contributed by atoms with Crippen LogP contribution in [0.2, 0.25) is 0 Å². The first-order chi connectivity index (χ1) is 19.3. The fraction of sp³-hybridized carbons (Fsp3) is 0.0714. The number of carboxylic acids is 2. The highest BCUT2D eigenvalue weighted by molar-refractivity contribution is 8.76. The van der Waals surface area contributed by atoms with E-state index in [1.165, 1.54) is 33.7 Å². The normalized spacial score (nSPS) is 10.0. The summed E-state index contributed by atoms with van der Waals surface area (Å²) in [6, 6.07) is 20.4. The van der Waals surface area contributed by atoms with Crippen LogP contribution in [0.15, 0.2) is 107 Å². The molecule has 0 spiro atoms. The van der Waals surface area contributed by atoms with Gasteiger partial charge in [0, 0.05) is 47.7 Å². The maximum absolute atomic E-state index is 11.6. The van der Waals surface area contributed by atoms with Crippen molar-refractivity contribution >= 4 is 45.3 Å². The summed E-state index contributed by atoms with van der Waals surface area (Å²) in [4.78, 5) is 54.4. The minimum absolute atomic E-state index is 0.206. The molecule has 4 aromatic rings. The zero-order chi connectivity index (χ0) is 28.7. The molecule has 10 nitrogen and oxygen atoms in total. The zero-order valence-corrected chi connectivity index (χ0v) is 22.5. The average Bonchev–Trinajstić information content (AvgIpc) is 2.99. The summed E-state index contributed by atoms with van der Waals surface area (Å²) in [6.45, 7) is 0.542. The van der Waals surface area contributed by atoms with Gasteiger partial charge < -0.3 is 20.8 Å². The molecule has 2 amide bonds. The predicted octanol–water partition coefficient (Wildman–Crippen LogP) is 4.29. The van der Waals surface area contributed by atoms with Crippen molar-refractivity contribution in [3.63, 3.8) is 0 Å².